The van der Waals surface area contributed by atoms with Gasteiger partial charge in [0.05, 0.1) is 11.1 Å². The molecule has 0 amide bonds. The lowest BCUT2D eigenvalue weighted by atomic mass is 10.3. The minimum atomic E-state index is 0.0709. The highest BCUT2D eigenvalue weighted by molar-refractivity contribution is 9.09. The van der Waals surface area contributed by atoms with E-state index < -0.39 is 0 Å². The second-order valence-corrected chi connectivity index (χ2v) is 3.53. The van der Waals surface area contributed by atoms with Crippen molar-refractivity contribution in [3.8, 4) is 0 Å². The van der Waals surface area contributed by atoms with E-state index in [1.54, 1.807) is 7.11 Å². The number of rotatable bonds is 5. The lowest BCUT2D eigenvalue weighted by Gasteiger charge is -2.18. The number of methoxy groups -OCH3 is 1. The van der Waals surface area contributed by atoms with Gasteiger partial charge in [0.25, 0.3) is 0 Å². The van der Waals surface area contributed by atoms with Crippen LogP contribution in [0.3, 0.4) is 0 Å². The molecule has 2 nitrogen and oxygen atoms in total. The van der Waals surface area contributed by atoms with Gasteiger partial charge in [0.2, 0.25) is 0 Å². The van der Waals surface area contributed by atoms with E-state index in [0.29, 0.717) is 4.95 Å². The third kappa shape index (κ3) is 4.43. The van der Waals surface area contributed by atoms with E-state index in [0.717, 1.165) is 12.1 Å². The van der Waals surface area contributed by atoms with Crippen molar-refractivity contribution in [2.24, 2.45) is 0 Å². The van der Waals surface area contributed by atoms with Gasteiger partial charge >= 0.3 is 0 Å². The first-order chi connectivity index (χ1) is 5.11. The Bertz CT molecular complexity index is 127. The molecule has 1 N–H and O–H groups in total. The molecule has 0 heterocycles. The average Bonchev–Trinajstić information content (AvgIpc) is 2.02. The fourth-order valence-corrected chi connectivity index (χ4v) is 0.857. The molecule has 0 aromatic rings. The molecule has 2 atom stereocenters. The van der Waals surface area contributed by atoms with Crippen molar-refractivity contribution < 1.29 is 4.74 Å². The second kappa shape index (κ2) is 5.61. The Hall–Kier alpha value is -0.0200. The van der Waals surface area contributed by atoms with Crippen molar-refractivity contribution in [1.82, 2.24) is 5.32 Å². The highest BCUT2D eigenvalue weighted by Crippen LogP contribution is 2.06. The number of halogens is 1. The maximum atomic E-state index is 5.07. The van der Waals surface area contributed by atoms with Crippen LogP contribution >= 0.6 is 15.9 Å². The summed E-state index contributed by atoms with van der Waals surface area (Å²) in [4.78, 5) is 0.299. The first-order valence-electron chi connectivity index (χ1n) is 3.74. The molecule has 0 aromatic carbocycles. The summed E-state index contributed by atoms with van der Waals surface area (Å²) in [6.07, 6.45) is 1.09. The van der Waals surface area contributed by atoms with Gasteiger partial charge in [-0.25, -0.2) is 0 Å². The summed E-state index contributed by atoms with van der Waals surface area (Å²) in [6.45, 7) is 7.90. The first kappa shape index (κ1) is 11.0. The Morgan fingerprint density at radius 1 is 1.73 bits per heavy atom. The third-order valence-electron chi connectivity index (χ3n) is 1.54. The SMILES string of the molecule is C=C(NC(Br)CC)[C@H](C)OC. The van der Waals surface area contributed by atoms with Crippen LogP contribution in [0.4, 0.5) is 0 Å². The van der Waals surface area contributed by atoms with E-state index in [4.69, 9.17) is 4.74 Å². The van der Waals surface area contributed by atoms with Crippen LogP contribution in [-0.4, -0.2) is 18.2 Å². The molecule has 11 heavy (non-hydrogen) atoms. The number of hydrogen-bond donors (Lipinski definition) is 1. The van der Waals surface area contributed by atoms with Crippen molar-refractivity contribution in [1.29, 1.82) is 0 Å². The summed E-state index contributed by atoms with van der Waals surface area (Å²) < 4.78 is 5.07. The summed E-state index contributed by atoms with van der Waals surface area (Å²) in [6, 6.07) is 0. The molecular formula is C8H16BrNO. The smallest absolute Gasteiger partial charge is 0.0931 e. The van der Waals surface area contributed by atoms with Crippen molar-refractivity contribution in [3.05, 3.63) is 12.3 Å². The largest absolute Gasteiger partial charge is 0.376 e. The fourth-order valence-electron chi connectivity index (χ4n) is 0.563. The van der Waals surface area contributed by atoms with Crippen molar-refractivity contribution >= 4 is 15.9 Å². The zero-order valence-corrected chi connectivity index (χ0v) is 8.94. The molecular weight excluding hydrogens is 206 g/mol. The number of alkyl halides is 1. The summed E-state index contributed by atoms with van der Waals surface area (Å²) in [5, 5.41) is 3.18. The standard InChI is InChI=1S/C8H16BrNO/c1-5-8(9)10-6(2)7(3)11-4/h7-8,10H,2,5H2,1,3-4H3/t7-,8?/m0/s1. The molecule has 66 valence electrons. The predicted octanol–water partition coefficient (Wildman–Crippen LogP) is 2.26. The lowest BCUT2D eigenvalue weighted by molar-refractivity contribution is 0.141. The molecule has 1 unspecified atom stereocenters. The quantitative estimate of drug-likeness (QED) is 0.569. The molecule has 0 rings (SSSR count). The van der Waals surface area contributed by atoms with E-state index in [-0.39, 0.29) is 6.10 Å². The molecule has 0 fully saturated rings. The summed E-state index contributed by atoms with van der Waals surface area (Å²) >= 11 is 3.45. The van der Waals surface area contributed by atoms with E-state index in [1.165, 1.54) is 0 Å². The molecule has 0 saturated heterocycles. The molecule has 0 radical (unpaired) electrons. The maximum Gasteiger partial charge on any atom is 0.0931 e. The average molecular weight is 222 g/mol. The normalized spacial score (nSPS) is 15.6. The number of hydrogen-bond acceptors (Lipinski definition) is 2. The Morgan fingerprint density at radius 3 is 2.64 bits per heavy atom. The number of ether oxygens (including phenoxy) is 1. The zero-order chi connectivity index (χ0) is 8.85. The molecule has 0 bridgehead atoms. The number of nitrogens with one attached hydrogen (secondary N) is 1. The fraction of sp³-hybridized carbons (Fsp3) is 0.750. The van der Waals surface area contributed by atoms with Crippen LogP contribution in [0.5, 0.6) is 0 Å². The van der Waals surface area contributed by atoms with Gasteiger partial charge in [-0.3, -0.25) is 0 Å². The highest BCUT2D eigenvalue weighted by Gasteiger charge is 2.07. The van der Waals surface area contributed by atoms with Crippen LogP contribution < -0.4 is 5.32 Å². The summed E-state index contributed by atoms with van der Waals surface area (Å²) in [5.41, 5.74) is 0.913. The van der Waals surface area contributed by atoms with Gasteiger partial charge < -0.3 is 10.1 Å². The Morgan fingerprint density at radius 2 is 2.27 bits per heavy atom. The van der Waals surface area contributed by atoms with Crippen LogP contribution in [0.15, 0.2) is 12.3 Å². The monoisotopic (exact) mass is 221 g/mol. The Labute approximate surface area is 77.1 Å². The highest BCUT2D eigenvalue weighted by atomic mass is 79.9. The topological polar surface area (TPSA) is 21.3 Å². The zero-order valence-electron chi connectivity index (χ0n) is 7.36. The summed E-state index contributed by atoms with van der Waals surface area (Å²) in [5.74, 6) is 0. The Kier molecular flexibility index (Phi) is 5.60. The molecule has 3 heteroatoms. The minimum absolute atomic E-state index is 0.0709. The van der Waals surface area contributed by atoms with Gasteiger partial charge in [0, 0.05) is 12.8 Å². The van der Waals surface area contributed by atoms with Gasteiger partial charge in [0.1, 0.15) is 0 Å². The molecule has 0 saturated carbocycles. The second-order valence-electron chi connectivity index (χ2n) is 2.42. The van der Waals surface area contributed by atoms with E-state index in [1.807, 2.05) is 6.92 Å². The molecule has 0 aliphatic heterocycles. The first-order valence-corrected chi connectivity index (χ1v) is 4.65. The van der Waals surface area contributed by atoms with E-state index in [9.17, 15) is 0 Å². The van der Waals surface area contributed by atoms with Crippen LogP contribution in [0, 0.1) is 0 Å². The van der Waals surface area contributed by atoms with Crippen LogP contribution in [0.1, 0.15) is 20.3 Å². The van der Waals surface area contributed by atoms with Gasteiger partial charge in [-0.2, -0.15) is 0 Å². The van der Waals surface area contributed by atoms with E-state index >= 15 is 0 Å². The molecule has 0 aromatic heterocycles. The van der Waals surface area contributed by atoms with Crippen LogP contribution in [0.2, 0.25) is 0 Å². The Balaban J connectivity index is 3.68. The van der Waals surface area contributed by atoms with Gasteiger partial charge in [-0.15, -0.1) is 0 Å². The van der Waals surface area contributed by atoms with Gasteiger partial charge in [-0.1, -0.05) is 29.4 Å². The van der Waals surface area contributed by atoms with Crippen molar-refractivity contribution in [3.63, 3.8) is 0 Å². The van der Waals surface area contributed by atoms with Crippen LogP contribution in [-0.2, 0) is 4.74 Å². The van der Waals surface area contributed by atoms with Gasteiger partial charge in [-0.05, 0) is 13.3 Å². The van der Waals surface area contributed by atoms with Crippen LogP contribution in [0.25, 0.3) is 0 Å². The maximum absolute atomic E-state index is 5.07. The predicted molar refractivity (Wildman–Crippen MR) is 51.8 cm³/mol. The van der Waals surface area contributed by atoms with Crippen molar-refractivity contribution in [2.45, 2.75) is 31.3 Å². The van der Waals surface area contributed by atoms with Gasteiger partial charge in [0.15, 0.2) is 0 Å². The summed E-state index contributed by atoms with van der Waals surface area (Å²) in [7, 11) is 1.67. The minimum Gasteiger partial charge on any atom is -0.376 e. The third-order valence-corrected chi connectivity index (χ3v) is 2.42. The molecule has 0 spiro atoms. The molecule has 0 aliphatic rings. The lowest BCUT2D eigenvalue weighted by Crippen LogP contribution is -2.28. The molecule has 0 aliphatic carbocycles. The van der Waals surface area contributed by atoms with Crippen molar-refractivity contribution in [2.75, 3.05) is 7.11 Å². The van der Waals surface area contributed by atoms with E-state index in [2.05, 4.69) is 34.7 Å².